The Morgan fingerprint density at radius 1 is 0.850 bits per heavy atom. The van der Waals surface area contributed by atoms with Crippen LogP contribution in [-0.2, 0) is 11.1 Å². The summed E-state index contributed by atoms with van der Waals surface area (Å²) in [7, 11) is 0. The molecule has 0 atom stereocenters. The topological polar surface area (TPSA) is 61.3 Å². The zero-order valence-corrected chi connectivity index (χ0v) is 11.7. The minimum Gasteiger partial charge on any atom is -0.426 e. The second-order valence-corrected chi connectivity index (χ2v) is 4.69. The fourth-order valence-electron chi connectivity index (χ4n) is 2.35. The molecule has 0 aliphatic carbocycles. The third kappa shape index (κ3) is 3.70. The smallest absolute Gasteiger partial charge is 0.361 e. The molecule has 4 N–H and O–H groups in total. The van der Waals surface area contributed by atoms with Crippen LogP contribution in [0.1, 0.15) is 5.56 Å². The third-order valence-corrected chi connectivity index (χ3v) is 3.26. The van der Waals surface area contributed by atoms with Gasteiger partial charge in [-0.25, -0.2) is 0 Å². The molecule has 104 valence electrons. The van der Waals surface area contributed by atoms with E-state index in [1.165, 1.54) is 11.0 Å². The van der Waals surface area contributed by atoms with E-state index in [9.17, 15) is 0 Å². The number of hydrogen-bond acceptors (Lipinski definition) is 3. The SMILES string of the molecule is NCCOB(c1ccccc1)c1ccccc1CCN. The van der Waals surface area contributed by atoms with Crippen LogP contribution in [0, 0.1) is 0 Å². The lowest BCUT2D eigenvalue weighted by Gasteiger charge is -2.18. The van der Waals surface area contributed by atoms with Crippen LogP contribution in [0.3, 0.4) is 0 Å². The van der Waals surface area contributed by atoms with E-state index in [4.69, 9.17) is 16.1 Å². The predicted octanol–water partition coefficient (Wildman–Crippen LogP) is 0.269. The number of hydrogen-bond donors (Lipinski definition) is 2. The maximum atomic E-state index is 5.98. The van der Waals surface area contributed by atoms with E-state index >= 15 is 0 Å². The van der Waals surface area contributed by atoms with Gasteiger partial charge in [0.25, 0.3) is 0 Å². The minimum atomic E-state index is -0.0810. The fourth-order valence-corrected chi connectivity index (χ4v) is 2.35. The van der Waals surface area contributed by atoms with E-state index in [-0.39, 0.29) is 6.92 Å². The molecule has 4 heteroatoms. The molecule has 3 nitrogen and oxygen atoms in total. The van der Waals surface area contributed by atoms with Gasteiger partial charge in [0.15, 0.2) is 0 Å². The van der Waals surface area contributed by atoms with E-state index < -0.39 is 0 Å². The highest BCUT2D eigenvalue weighted by atomic mass is 16.4. The summed E-state index contributed by atoms with van der Waals surface area (Å²) in [5, 5.41) is 0. The van der Waals surface area contributed by atoms with E-state index in [1.54, 1.807) is 0 Å². The van der Waals surface area contributed by atoms with Crippen molar-refractivity contribution < 1.29 is 4.65 Å². The average Bonchev–Trinajstić information content (AvgIpc) is 2.50. The lowest BCUT2D eigenvalue weighted by atomic mass is 9.54. The first-order chi connectivity index (χ1) is 9.86. The molecule has 0 heterocycles. The van der Waals surface area contributed by atoms with Gasteiger partial charge >= 0.3 is 6.92 Å². The van der Waals surface area contributed by atoms with Gasteiger partial charge in [0, 0.05) is 13.2 Å². The zero-order valence-electron chi connectivity index (χ0n) is 11.7. The molecule has 0 saturated heterocycles. The van der Waals surface area contributed by atoms with Gasteiger partial charge in [-0.1, -0.05) is 54.6 Å². The van der Waals surface area contributed by atoms with Crippen molar-refractivity contribution >= 4 is 17.8 Å². The van der Waals surface area contributed by atoms with Crippen molar-refractivity contribution in [3.05, 3.63) is 60.2 Å². The van der Waals surface area contributed by atoms with Crippen LogP contribution >= 0.6 is 0 Å². The minimum absolute atomic E-state index is 0.0810. The Balaban J connectivity index is 2.36. The Morgan fingerprint density at radius 2 is 1.55 bits per heavy atom. The summed E-state index contributed by atoms with van der Waals surface area (Å²) in [6.45, 7) is 1.61. The van der Waals surface area contributed by atoms with Gasteiger partial charge in [-0.15, -0.1) is 0 Å². The highest BCUT2D eigenvalue weighted by molar-refractivity contribution is 6.80. The molecule has 20 heavy (non-hydrogen) atoms. The lowest BCUT2D eigenvalue weighted by molar-refractivity contribution is 0.344. The van der Waals surface area contributed by atoms with Gasteiger partial charge in [-0.2, -0.15) is 0 Å². The first-order valence-corrected chi connectivity index (χ1v) is 7.01. The largest absolute Gasteiger partial charge is 0.426 e. The van der Waals surface area contributed by atoms with Crippen LogP contribution in [0.5, 0.6) is 0 Å². The van der Waals surface area contributed by atoms with Crippen LogP contribution in [0.25, 0.3) is 0 Å². The number of nitrogens with two attached hydrogens (primary N) is 2. The van der Waals surface area contributed by atoms with Crippen molar-refractivity contribution in [3.63, 3.8) is 0 Å². The Hall–Kier alpha value is -1.62. The summed E-state index contributed by atoms with van der Waals surface area (Å²) in [4.78, 5) is 0. The Bertz CT molecular complexity index is 519. The molecule has 2 aromatic carbocycles. The molecule has 0 fully saturated rings. The van der Waals surface area contributed by atoms with Gasteiger partial charge in [-0.05, 0) is 29.5 Å². The lowest BCUT2D eigenvalue weighted by Crippen LogP contribution is -2.47. The molecule has 0 radical (unpaired) electrons. The Labute approximate surface area is 121 Å². The fraction of sp³-hybridized carbons (Fsp3) is 0.250. The van der Waals surface area contributed by atoms with Crippen molar-refractivity contribution in [1.82, 2.24) is 0 Å². The molecule has 0 amide bonds. The van der Waals surface area contributed by atoms with Crippen LogP contribution in [0.15, 0.2) is 54.6 Å². The van der Waals surface area contributed by atoms with E-state index in [0.29, 0.717) is 19.7 Å². The highest BCUT2D eigenvalue weighted by Gasteiger charge is 2.23. The van der Waals surface area contributed by atoms with Crippen molar-refractivity contribution in [2.75, 3.05) is 19.7 Å². The van der Waals surface area contributed by atoms with Crippen LogP contribution < -0.4 is 22.4 Å². The van der Waals surface area contributed by atoms with Crippen LogP contribution in [0.2, 0.25) is 0 Å². The molecule has 0 aromatic heterocycles. The third-order valence-electron chi connectivity index (χ3n) is 3.26. The standard InChI is InChI=1S/C16H21BN2O/c18-11-10-14-6-4-5-9-16(14)17(20-13-12-19)15-7-2-1-3-8-15/h1-9H,10-13,18-19H2. The average molecular weight is 268 g/mol. The number of benzene rings is 2. The molecule has 2 aromatic rings. The summed E-state index contributed by atoms with van der Waals surface area (Å²) < 4.78 is 5.98. The molecular weight excluding hydrogens is 247 g/mol. The molecule has 0 spiro atoms. The molecular formula is C16H21BN2O. The van der Waals surface area contributed by atoms with Gasteiger partial charge in [0.05, 0.1) is 0 Å². The quantitative estimate of drug-likeness (QED) is 0.708. The van der Waals surface area contributed by atoms with Crippen molar-refractivity contribution in [2.24, 2.45) is 11.5 Å². The van der Waals surface area contributed by atoms with E-state index in [1.807, 2.05) is 30.3 Å². The summed E-state index contributed by atoms with van der Waals surface area (Å²) >= 11 is 0. The summed E-state index contributed by atoms with van der Waals surface area (Å²) in [5.74, 6) is 0. The Kier molecular flexibility index (Phi) is 5.80. The Morgan fingerprint density at radius 3 is 2.25 bits per heavy atom. The summed E-state index contributed by atoms with van der Waals surface area (Å²) in [6.07, 6.45) is 0.853. The van der Waals surface area contributed by atoms with Crippen molar-refractivity contribution in [1.29, 1.82) is 0 Å². The van der Waals surface area contributed by atoms with E-state index in [2.05, 4.69) is 24.3 Å². The van der Waals surface area contributed by atoms with Crippen molar-refractivity contribution in [2.45, 2.75) is 6.42 Å². The monoisotopic (exact) mass is 268 g/mol. The van der Waals surface area contributed by atoms with E-state index in [0.717, 1.165) is 11.9 Å². The second kappa shape index (κ2) is 7.85. The van der Waals surface area contributed by atoms with Gasteiger partial charge in [-0.3, -0.25) is 0 Å². The summed E-state index contributed by atoms with van der Waals surface area (Å²) in [5.41, 5.74) is 14.9. The predicted molar refractivity (Wildman–Crippen MR) is 85.7 cm³/mol. The normalized spacial score (nSPS) is 10.5. The highest BCUT2D eigenvalue weighted by Crippen LogP contribution is 2.01. The zero-order chi connectivity index (χ0) is 14.2. The van der Waals surface area contributed by atoms with Gasteiger partial charge < -0.3 is 16.1 Å². The van der Waals surface area contributed by atoms with Crippen LogP contribution in [0.4, 0.5) is 0 Å². The van der Waals surface area contributed by atoms with Crippen molar-refractivity contribution in [3.8, 4) is 0 Å². The molecule has 0 bridgehead atoms. The molecule has 0 unspecified atom stereocenters. The van der Waals surface area contributed by atoms with Gasteiger partial charge in [0.1, 0.15) is 0 Å². The molecule has 2 rings (SSSR count). The van der Waals surface area contributed by atoms with Gasteiger partial charge in [0.2, 0.25) is 0 Å². The van der Waals surface area contributed by atoms with Crippen LogP contribution in [-0.4, -0.2) is 26.6 Å². The molecule has 0 aliphatic heterocycles. The first kappa shape index (κ1) is 14.8. The second-order valence-electron chi connectivity index (χ2n) is 4.69. The first-order valence-electron chi connectivity index (χ1n) is 7.01. The maximum absolute atomic E-state index is 5.98. The number of rotatable bonds is 7. The summed E-state index contributed by atoms with van der Waals surface area (Å²) in [6, 6.07) is 18.5. The molecule has 0 aliphatic rings. The maximum Gasteiger partial charge on any atom is 0.361 e. The molecule has 0 saturated carbocycles.